The molecule has 0 amide bonds. The smallest absolute Gasteiger partial charge is 0.228 e. The lowest BCUT2D eigenvalue weighted by atomic mass is 10.1. The summed E-state index contributed by atoms with van der Waals surface area (Å²) in [6.07, 6.45) is 4.92. The van der Waals surface area contributed by atoms with Gasteiger partial charge in [0.1, 0.15) is 5.82 Å². The molecule has 2 aliphatic heterocycles. The Morgan fingerprint density at radius 3 is 2.63 bits per heavy atom. The third kappa shape index (κ3) is 3.52. The lowest BCUT2D eigenvalue weighted by Gasteiger charge is -2.38. The molecular formula is C18H25N7O2. The lowest BCUT2D eigenvalue weighted by Crippen LogP contribution is -2.52. The first-order valence-electron chi connectivity index (χ1n) is 9.26. The van der Waals surface area contributed by atoms with E-state index in [2.05, 4.69) is 26.7 Å². The van der Waals surface area contributed by atoms with E-state index >= 15 is 0 Å². The van der Waals surface area contributed by atoms with Gasteiger partial charge >= 0.3 is 0 Å². The number of aromatic nitrogens is 4. The highest BCUT2D eigenvalue weighted by Gasteiger charge is 2.33. The Kier molecular flexibility index (Phi) is 4.79. The number of hydrogen-bond acceptors (Lipinski definition) is 9. The topological polar surface area (TPSA) is 114 Å². The average Bonchev–Trinajstić information content (AvgIpc) is 3.02. The number of methoxy groups -OCH3 is 1. The van der Waals surface area contributed by atoms with Gasteiger partial charge in [-0.05, 0) is 12.8 Å². The molecule has 0 aromatic carbocycles. The van der Waals surface area contributed by atoms with Crippen LogP contribution in [-0.4, -0.2) is 70.0 Å². The fourth-order valence-electron chi connectivity index (χ4n) is 3.64. The average molecular weight is 371 g/mol. The second-order valence-electron chi connectivity index (χ2n) is 7.11. The van der Waals surface area contributed by atoms with Crippen LogP contribution in [0.1, 0.15) is 19.8 Å². The third-order valence-electron chi connectivity index (χ3n) is 5.29. The molecule has 2 aromatic heterocycles. The van der Waals surface area contributed by atoms with E-state index in [1.54, 1.807) is 19.5 Å². The Morgan fingerprint density at radius 2 is 1.96 bits per heavy atom. The molecule has 2 aliphatic rings. The van der Waals surface area contributed by atoms with E-state index in [4.69, 9.17) is 20.4 Å². The Bertz CT molecular complexity index is 795. The fraction of sp³-hybridized carbons (Fsp3) is 0.556. The standard InChI is InChI=1S/C18H25N7O2/c1-3-12-4-13(26)8-25(12)16-5-15(11-6-20-17(19)21-7-11)22-18(23-16)24-9-14(10-24)27-2/h5-7,12-14,26H,3-4,8-10H2,1-2H3,(H2,19,20,21)/t12-,13+/m1/s1. The van der Waals surface area contributed by atoms with Crippen molar-refractivity contribution >= 4 is 17.7 Å². The Labute approximate surface area is 158 Å². The van der Waals surface area contributed by atoms with Crippen LogP contribution in [0.15, 0.2) is 18.5 Å². The minimum atomic E-state index is -0.335. The molecule has 0 aliphatic carbocycles. The van der Waals surface area contributed by atoms with E-state index in [0.29, 0.717) is 12.5 Å². The molecule has 2 saturated heterocycles. The highest BCUT2D eigenvalue weighted by Crippen LogP contribution is 2.31. The SMILES string of the molecule is CC[C@@H]1C[C@H](O)CN1c1cc(-c2cnc(N)nc2)nc(N2CC(OC)C2)n1. The largest absolute Gasteiger partial charge is 0.391 e. The summed E-state index contributed by atoms with van der Waals surface area (Å²) in [6.45, 7) is 4.23. The van der Waals surface area contributed by atoms with Crippen LogP contribution in [0.4, 0.5) is 17.7 Å². The fourth-order valence-corrected chi connectivity index (χ4v) is 3.64. The molecule has 0 bridgehead atoms. The number of β-amino-alcohol motifs (C(OH)–C–C–N with tert-alkyl or cyclic N) is 1. The van der Waals surface area contributed by atoms with Gasteiger partial charge < -0.3 is 25.4 Å². The molecule has 3 N–H and O–H groups in total. The highest BCUT2D eigenvalue weighted by atomic mass is 16.5. The minimum Gasteiger partial charge on any atom is -0.391 e. The van der Waals surface area contributed by atoms with E-state index in [0.717, 1.165) is 43.0 Å². The summed E-state index contributed by atoms with van der Waals surface area (Å²) in [5.74, 6) is 1.70. The van der Waals surface area contributed by atoms with Gasteiger partial charge in [0.05, 0.1) is 17.9 Å². The first-order valence-corrected chi connectivity index (χ1v) is 9.26. The van der Waals surface area contributed by atoms with Crippen LogP contribution in [0.2, 0.25) is 0 Å². The van der Waals surface area contributed by atoms with Crippen molar-refractivity contribution in [2.75, 3.05) is 42.3 Å². The number of nitrogen functional groups attached to an aromatic ring is 1. The molecule has 0 saturated carbocycles. The van der Waals surface area contributed by atoms with Gasteiger partial charge in [0.15, 0.2) is 0 Å². The van der Waals surface area contributed by atoms with Crippen LogP contribution in [0.3, 0.4) is 0 Å². The van der Waals surface area contributed by atoms with Gasteiger partial charge in [-0.25, -0.2) is 15.0 Å². The molecule has 2 fully saturated rings. The summed E-state index contributed by atoms with van der Waals surface area (Å²) < 4.78 is 5.37. The maximum absolute atomic E-state index is 10.1. The maximum atomic E-state index is 10.1. The zero-order valence-electron chi connectivity index (χ0n) is 15.6. The Hall–Kier alpha value is -2.52. The summed E-state index contributed by atoms with van der Waals surface area (Å²) >= 11 is 0. The molecule has 144 valence electrons. The predicted molar refractivity (Wildman–Crippen MR) is 103 cm³/mol. The molecule has 4 heterocycles. The van der Waals surface area contributed by atoms with Gasteiger partial charge in [0, 0.05) is 56.8 Å². The number of nitrogens with zero attached hydrogens (tertiary/aromatic N) is 6. The van der Waals surface area contributed by atoms with Gasteiger partial charge in [-0.15, -0.1) is 0 Å². The van der Waals surface area contributed by atoms with Crippen molar-refractivity contribution in [1.29, 1.82) is 0 Å². The van der Waals surface area contributed by atoms with E-state index < -0.39 is 0 Å². The third-order valence-corrected chi connectivity index (χ3v) is 5.29. The van der Waals surface area contributed by atoms with Crippen molar-refractivity contribution in [2.45, 2.75) is 38.0 Å². The van der Waals surface area contributed by atoms with E-state index in [9.17, 15) is 5.11 Å². The van der Waals surface area contributed by atoms with Crippen molar-refractivity contribution in [3.8, 4) is 11.3 Å². The van der Waals surface area contributed by atoms with Gasteiger partial charge in [-0.2, -0.15) is 4.98 Å². The summed E-state index contributed by atoms with van der Waals surface area (Å²) in [5, 5.41) is 10.1. The summed E-state index contributed by atoms with van der Waals surface area (Å²) in [6, 6.07) is 2.20. The van der Waals surface area contributed by atoms with Crippen LogP contribution >= 0.6 is 0 Å². The predicted octanol–water partition coefficient (Wildman–Crippen LogP) is 0.700. The van der Waals surface area contributed by atoms with Crippen LogP contribution in [0.5, 0.6) is 0 Å². The summed E-state index contributed by atoms with van der Waals surface area (Å²) in [4.78, 5) is 21.9. The van der Waals surface area contributed by atoms with Gasteiger partial charge in [0.25, 0.3) is 0 Å². The number of aliphatic hydroxyl groups is 1. The zero-order valence-corrected chi connectivity index (χ0v) is 15.6. The van der Waals surface area contributed by atoms with Crippen molar-refractivity contribution in [1.82, 2.24) is 19.9 Å². The van der Waals surface area contributed by atoms with Gasteiger partial charge in [0.2, 0.25) is 11.9 Å². The molecule has 0 spiro atoms. The van der Waals surface area contributed by atoms with Crippen molar-refractivity contribution in [2.24, 2.45) is 0 Å². The number of nitrogens with two attached hydrogens (primary N) is 1. The van der Waals surface area contributed by atoms with Crippen molar-refractivity contribution < 1.29 is 9.84 Å². The van der Waals surface area contributed by atoms with Gasteiger partial charge in [-0.3, -0.25) is 0 Å². The molecule has 0 radical (unpaired) electrons. The first kappa shape index (κ1) is 17.9. The number of hydrogen-bond donors (Lipinski definition) is 2. The normalized spacial score (nSPS) is 22.9. The molecule has 9 nitrogen and oxygen atoms in total. The molecule has 4 rings (SSSR count). The monoisotopic (exact) mass is 371 g/mol. The minimum absolute atomic E-state index is 0.206. The molecule has 2 aromatic rings. The number of rotatable bonds is 5. The molecule has 0 unspecified atom stereocenters. The highest BCUT2D eigenvalue weighted by molar-refractivity contribution is 5.65. The van der Waals surface area contributed by atoms with E-state index in [-0.39, 0.29) is 24.2 Å². The lowest BCUT2D eigenvalue weighted by molar-refractivity contribution is 0.0778. The van der Waals surface area contributed by atoms with Gasteiger partial charge in [-0.1, -0.05) is 6.92 Å². The number of anilines is 3. The van der Waals surface area contributed by atoms with Crippen LogP contribution in [0, 0.1) is 0 Å². The molecular weight excluding hydrogens is 346 g/mol. The Balaban J connectivity index is 1.71. The summed E-state index contributed by atoms with van der Waals surface area (Å²) in [7, 11) is 1.72. The van der Waals surface area contributed by atoms with Crippen molar-refractivity contribution in [3.05, 3.63) is 18.5 Å². The van der Waals surface area contributed by atoms with Crippen LogP contribution in [0.25, 0.3) is 11.3 Å². The number of aliphatic hydroxyl groups excluding tert-OH is 1. The number of ether oxygens (including phenoxy) is 1. The Morgan fingerprint density at radius 1 is 1.22 bits per heavy atom. The second-order valence-corrected chi connectivity index (χ2v) is 7.11. The first-order chi connectivity index (χ1) is 13.1. The maximum Gasteiger partial charge on any atom is 0.228 e. The molecule has 2 atom stereocenters. The van der Waals surface area contributed by atoms with E-state index in [1.165, 1.54) is 0 Å². The van der Waals surface area contributed by atoms with E-state index in [1.807, 2.05) is 6.07 Å². The van der Waals surface area contributed by atoms with Crippen LogP contribution in [-0.2, 0) is 4.74 Å². The molecule has 9 heteroatoms. The second kappa shape index (κ2) is 7.24. The van der Waals surface area contributed by atoms with Crippen molar-refractivity contribution in [3.63, 3.8) is 0 Å². The molecule has 27 heavy (non-hydrogen) atoms. The zero-order chi connectivity index (χ0) is 19.0. The summed E-state index contributed by atoms with van der Waals surface area (Å²) in [5.41, 5.74) is 7.14. The van der Waals surface area contributed by atoms with Crippen LogP contribution < -0.4 is 15.5 Å². The quantitative estimate of drug-likeness (QED) is 0.784.